The lowest BCUT2D eigenvalue weighted by molar-refractivity contribution is 0.481. The van der Waals surface area contributed by atoms with Gasteiger partial charge in [0.1, 0.15) is 16.4 Å². The monoisotopic (exact) mass is 349 g/mol. The number of nitrogens with two attached hydrogens (primary N) is 1. The highest BCUT2D eigenvalue weighted by Crippen LogP contribution is 2.43. The van der Waals surface area contributed by atoms with E-state index in [0.29, 0.717) is 22.6 Å². The van der Waals surface area contributed by atoms with Gasteiger partial charge in [-0.3, -0.25) is 0 Å². The van der Waals surface area contributed by atoms with Gasteiger partial charge in [0, 0.05) is 11.6 Å². The van der Waals surface area contributed by atoms with Crippen LogP contribution in [0.3, 0.4) is 0 Å². The normalized spacial score (nSPS) is 15.0. The van der Waals surface area contributed by atoms with Gasteiger partial charge in [0.2, 0.25) is 9.84 Å². The summed E-state index contributed by atoms with van der Waals surface area (Å²) < 4.78 is 31.8. The maximum Gasteiger partial charge on any atom is 0.210 e. The van der Waals surface area contributed by atoms with E-state index in [0.717, 1.165) is 0 Å². The highest BCUT2D eigenvalue weighted by atomic mass is 32.2. The first-order valence-electron chi connectivity index (χ1n) is 7.75. The molecule has 0 bridgehead atoms. The molecule has 0 atom stereocenters. The quantitative estimate of drug-likeness (QED) is 0.774. The van der Waals surface area contributed by atoms with Crippen LogP contribution < -0.4 is 10.5 Å². The van der Waals surface area contributed by atoms with Gasteiger partial charge in [-0.15, -0.1) is 0 Å². The predicted molar refractivity (Wildman–Crippen MR) is 97.6 cm³/mol. The first-order chi connectivity index (χ1) is 12.1. The van der Waals surface area contributed by atoms with Crippen LogP contribution in [0.15, 0.2) is 83.8 Å². The fraction of sp³-hybridized carbons (Fsp3) is 0. The average Bonchev–Trinajstić information content (AvgIpc) is 2.82. The summed E-state index contributed by atoms with van der Waals surface area (Å²) in [4.78, 5) is 0.331. The van der Waals surface area contributed by atoms with Crippen molar-refractivity contribution in [1.29, 1.82) is 0 Å². The van der Waals surface area contributed by atoms with Crippen molar-refractivity contribution in [1.82, 2.24) is 0 Å². The van der Waals surface area contributed by atoms with E-state index in [4.69, 9.17) is 10.5 Å². The Labute approximate surface area is 146 Å². The van der Waals surface area contributed by atoms with Gasteiger partial charge < -0.3 is 10.5 Å². The molecule has 1 aliphatic rings. The first kappa shape index (κ1) is 15.5. The Morgan fingerprint density at radius 3 is 2.08 bits per heavy atom. The van der Waals surface area contributed by atoms with E-state index in [-0.39, 0.29) is 15.5 Å². The lowest BCUT2D eigenvalue weighted by Crippen LogP contribution is -2.01. The minimum Gasteiger partial charge on any atom is -0.457 e. The van der Waals surface area contributed by atoms with Crippen molar-refractivity contribution < 1.29 is 13.2 Å². The minimum absolute atomic E-state index is 0.153. The lowest BCUT2D eigenvalue weighted by atomic mass is 10.1. The molecule has 0 fully saturated rings. The number of ether oxygens (including phenoxy) is 1. The number of rotatable bonds is 3. The third kappa shape index (κ3) is 2.58. The van der Waals surface area contributed by atoms with Crippen LogP contribution in [0.25, 0.3) is 10.6 Å². The van der Waals surface area contributed by atoms with Gasteiger partial charge in [0.05, 0.1) is 10.6 Å². The molecule has 0 radical (unpaired) electrons. The number of hydrogen-bond donors (Lipinski definition) is 1. The predicted octanol–water partition coefficient (Wildman–Crippen LogP) is 4.05. The molecule has 0 aliphatic carbocycles. The van der Waals surface area contributed by atoms with Gasteiger partial charge in [-0.25, -0.2) is 8.42 Å². The van der Waals surface area contributed by atoms with Crippen LogP contribution in [-0.2, 0) is 9.84 Å². The van der Waals surface area contributed by atoms with E-state index >= 15 is 0 Å². The third-order valence-electron chi connectivity index (χ3n) is 4.06. The summed E-state index contributed by atoms with van der Waals surface area (Å²) in [7, 11) is -3.69. The molecule has 25 heavy (non-hydrogen) atoms. The summed E-state index contributed by atoms with van der Waals surface area (Å²) in [5, 5.41) is 0. The molecule has 3 aromatic carbocycles. The number of para-hydroxylation sites is 1. The first-order valence-corrected chi connectivity index (χ1v) is 9.23. The number of sulfone groups is 1. The van der Waals surface area contributed by atoms with Gasteiger partial charge in [0.15, 0.2) is 0 Å². The Hall–Kier alpha value is -3.05. The van der Waals surface area contributed by atoms with Gasteiger partial charge >= 0.3 is 0 Å². The van der Waals surface area contributed by atoms with E-state index in [2.05, 4.69) is 0 Å². The van der Waals surface area contributed by atoms with Crippen molar-refractivity contribution in [3.05, 3.63) is 90.0 Å². The molecule has 0 unspecified atom stereocenters. The Morgan fingerprint density at radius 1 is 0.760 bits per heavy atom. The second-order valence-corrected chi connectivity index (χ2v) is 7.54. The smallest absolute Gasteiger partial charge is 0.210 e. The van der Waals surface area contributed by atoms with Crippen molar-refractivity contribution >= 4 is 20.4 Å². The van der Waals surface area contributed by atoms with Crippen LogP contribution in [0.5, 0.6) is 11.5 Å². The van der Waals surface area contributed by atoms with Crippen molar-refractivity contribution in [3.8, 4) is 11.5 Å². The zero-order valence-electron chi connectivity index (χ0n) is 13.2. The molecule has 4 rings (SSSR count). The molecule has 2 N–H and O–H groups in total. The van der Waals surface area contributed by atoms with Crippen LogP contribution in [0, 0.1) is 0 Å². The Balaban J connectivity index is 1.79. The molecule has 0 amide bonds. The molecule has 1 heterocycles. The summed E-state index contributed by atoms with van der Waals surface area (Å²) >= 11 is 0. The SMILES string of the molecule is NC1=C(c2ccccc2)S(=O)(=O)c2cc(Oc3ccccc3)ccc21. The van der Waals surface area contributed by atoms with Crippen LogP contribution in [0.4, 0.5) is 0 Å². The van der Waals surface area contributed by atoms with Crippen LogP contribution in [0.2, 0.25) is 0 Å². The van der Waals surface area contributed by atoms with Gasteiger partial charge in [0.25, 0.3) is 0 Å². The Morgan fingerprint density at radius 2 is 1.40 bits per heavy atom. The van der Waals surface area contributed by atoms with Crippen LogP contribution in [-0.4, -0.2) is 8.42 Å². The summed E-state index contributed by atoms with van der Waals surface area (Å²) in [5.74, 6) is 1.10. The van der Waals surface area contributed by atoms with E-state index in [1.165, 1.54) is 6.07 Å². The maximum absolute atomic E-state index is 13.0. The number of fused-ring (bicyclic) bond motifs is 1. The highest BCUT2D eigenvalue weighted by Gasteiger charge is 2.35. The van der Waals surface area contributed by atoms with Gasteiger partial charge in [-0.2, -0.15) is 0 Å². The summed E-state index contributed by atoms with van der Waals surface area (Å²) in [6.45, 7) is 0. The minimum atomic E-state index is -3.69. The average molecular weight is 349 g/mol. The Kier molecular flexibility index (Phi) is 3.58. The topological polar surface area (TPSA) is 69.4 Å². The molecule has 0 saturated heterocycles. The highest BCUT2D eigenvalue weighted by molar-refractivity contribution is 8.01. The number of hydrogen-bond acceptors (Lipinski definition) is 4. The van der Waals surface area contributed by atoms with Crippen molar-refractivity contribution in [2.75, 3.05) is 0 Å². The van der Waals surface area contributed by atoms with Crippen molar-refractivity contribution in [2.45, 2.75) is 4.90 Å². The maximum atomic E-state index is 13.0. The third-order valence-corrected chi connectivity index (χ3v) is 5.97. The van der Waals surface area contributed by atoms with Crippen molar-refractivity contribution in [3.63, 3.8) is 0 Å². The summed E-state index contributed by atoms with van der Waals surface area (Å²) in [5.41, 5.74) is 7.53. The van der Waals surface area contributed by atoms with Gasteiger partial charge in [-0.1, -0.05) is 48.5 Å². The van der Waals surface area contributed by atoms with Crippen molar-refractivity contribution in [2.24, 2.45) is 5.73 Å². The van der Waals surface area contributed by atoms with E-state index in [1.54, 1.807) is 36.4 Å². The van der Waals surface area contributed by atoms with E-state index in [1.807, 2.05) is 36.4 Å². The summed E-state index contributed by atoms with van der Waals surface area (Å²) in [6, 6.07) is 23.1. The second kappa shape index (κ2) is 5.79. The zero-order chi connectivity index (χ0) is 17.4. The van der Waals surface area contributed by atoms with Gasteiger partial charge in [-0.05, 0) is 29.8 Å². The molecule has 5 heteroatoms. The lowest BCUT2D eigenvalue weighted by Gasteiger charge is -2.08. The second-order valence-electron chi connectivity index (χ2n) is 5.69. The molecule has 3 aromatic rings. The molecule has 1 aliphatic heterocycles. The molecule has 0 spiro atoms. The molecule has 124 valence electrons. The van der Waals surface area contributed by atoms with E-state index < -0.39 is 9.84 Å². The fourth-order valence-corrected chi connectivity index (χ4v) is 4.72. The fourth-order valence-electron chi connectivity index (χ4n) is 2.91. The Bertz CT molecular complexity index is 1070. The standard InChI is InChI=1S/C20H15NO3S/c21-19-17-12-11-16(24-15-9-5-2-6-10-15)13-18(17)25(22,23)20(19)14-7-3-1-4-8-14/h1-13H,21H2. The molecule has 0 aromatic heterocycles. The zero-order valence-corrected chi connectivity index (χ0v) is 14.0. The molecular weight excluding hydrogens is 334 g/mol. The largest absolute Gasteiger partial charge is 0.457 e. The van der Waals surface area contributed by atoms with Crippen LogP contribution >= 0.6 is 0 Å². The molecule has 4 nitrogen and oxygen atoms in total. The molecular formula is C20H15NO3S. The summed E-state index contributed by atoms with van der Waals surface area (Å²) in [6.07, 6.45) is 0. The van der Waals surface area contributed by atoms with Crippen LogP contribution in [0.1, 0.15) is 11.1 Å². The number of benzene rings is 3. The molecule has 0 saturated carbocycles. The van der Waals surface area contributed by atoms with E-state index in [9.17, 15) is 8.42 Å².